The topological polar surface area (TPSA) is 59.4 Å². The minimum absolute atomic E-state index is 0.0180. The summed E-state index contributed by atoms with van der Waals surface area (Å²) in [4.78, 5) is 16.5. The fourth-order valence-electron chi connectivity index (χ4n) is 2.34. The zero-order chi connectivity index (χ0) is 14.8. The van der Waals surface area contributed by atoms with Crippen molar-refractivity contribution < 1.29 is 14.6 Å². The number of thioether (sulfide) groups is 1. The molecule has 1 aliphatic heterocycles. The van der Waals surface area contributed by atoms with E-state index in [-0.39, 0.29) is 5.69 Å². The molecule has 1 aromatic carbocycles. The molecule has 1 unspecified atom stereocenters. The van der Waals surface area contributed by atoms with Crippen LogP contribution in [-0.4, -0.2) is 27.9 Å². The first-order valence-electron chi connectivity index (χ1n) is 6.72. The first-order valence-corrected chi connectivity index (χ1v) is 7.60. The van der Waals surface area contributed by atoms with Crippen LogP contribution in [0.15, 0.2) is 41.3 Å². The van der Waals surface area contributed by atoms with Gasteiger partial charge >= 0.3 is 5.97 Å². The van der Waals surface area contributed by atoms with Gasteiger partial charge in [-0.3, -0.25) is 0 Å². The molecule has 0 saturated carbocycles. The van der Waals surface area contributed by atoms with E-state index in [0.717, 1.165) is 6.42 Å². The first-order chi connectivity index (χ1) is 10.1. The van der Waals surface area contributed by atoms with Gasteiger partial charge in [0.25, 0.3) is 0 Å². The summed E-state index contributed by atoms with van der Waals surface area (Å²) >= 11 is 1.78. The summed E-state index contributed by atoms with van der Waals surface area (Å²) in [5, 5.41) is 9.49. The van der Waals surface area contributed by atoms with Crippen molar-refractivity contribution in [3.8, 4) is 5.75 Å². The Balaban J connectivity index is 1.68. The Hall–Kier alpha value is -2.01. The number of hydrogen-bond acceptors (Lipinski definition) is 4. The molecule has 2 heterocycles. The molecule has 108 valence electrons. The van der Waals surface area contributed by atoms with Crippen LogP contribution in [0.2, 0.25) is 0 Å². The molecule has 1 N–H and O–H groups in total. The maximum absolute atomic E-state index is 11.2. The van der Waals surface area contributed by atoms with Crippen LogP contribution in [-0.2, 0) is 6.42 Å². The number of aromatic nitrogens is 1. The SMILES string of the molecule is Cc1ccc(OCC2Cc3ccccc3S2)c(C(=O)O)n1. The largest absolute Gasteiger partial charge is 0.490 e. The molecule has 4 nitrogen and oxygen atoms in total. The molecule has 0 bridgehead atoms. The van der Waals surface area contributed by atoms with Gasteiger partial charge in [0, 0.05) is 15.8 Å². The highest BCUT2D eigenvalue weighted by molar-refractivity contribution is 8.00. The average molecular weight is 301 g/mol. The minimum atomic E-state index is -1.06. The summed E-state index contributed by atoms with van der Waals surface area (Å²) in [6.45, 7) is 2.24. The van der Waals surface area contributed by atoms with Crippen LogP contribution < -0.4 is 4.74 Å². The Morgan fingerprint density at radius 1 is 1.38 bits per heavy atom. The van der Waals surface area contributed by atoms with Gasteiger partial charge in [0.2, 0.25) is 0 Å². The Kier molecular flexibility index (Phi) is 3.84. The third-order valence-corrected chi connectivity index (χ3v) is 4.63. The zero-order valence-electron chi connectivity index (χ0n) is 11.6. The van der Waals surface area contributed by atoms with Crippen LogP contribution in [0, 0.1) is 6.92 Å². The number of benzene rings is 1. The van der Waals surface area contributed by atoms with Crippen molar-refractivity contribution in [1.29, 1.82) is 0 Å². The van der Waals surface area contributed by atoms with Gasteiger partial charge in [0.1, 0.15) is 6.61 Å². The van der Waals surface area contributed by atoms with Gasteiger partial charge in [0.15, 0.2) is 11.4 Å². The van der Waals surface area contributed by atoms with Gasteiger partial charge in [-0.15, -0.1) is 11.8 Å². The van der Waals surface area contributed by atoms with E-state index < -0.39 is 5.97 Å². The van der Waals surface area contributed by atoms with E-state index in [1.807, 2.05) is 12.1 Å². The fourth-order valence-corrected chi connectivity index (χ4v) is 3.56. The predicted octanol–water partition coefficient (Wildman–Crippen LogP) is 3.18. The van der Waals surface area contributed by atoms with Crippen LogP contribution in [0.25, 0.3) is 0 Å². The highest BCUT2D eigenvalue weighted by Crippen LogP contribution is 2.37. The second-order valence-corrected chi connectivity index (χ2v) is 6.31. The molecule has 0 amide bonds. The summed E-state index contributed by atoms with van der Waals surface area (Å²) < 4.78 is 5.70. The van der Waals surface area contributed by atoms with Crippen molar-refractivity contribution in [2.75, 3.05) is 6.61 Å². The molecule has 5 heteroatoms. The van der Waals surface area contributed by atoms with Crippen LogP contribution in [0.1, 0.15) is 21.7 Å². The quantitative estimate of drug-likeness (QED) is 0.940. The summed E-state index contributed by atoms with van der Waals surface area (Å²) in [6, 6.07) is 11.7. The second-order valence-electron chi connectivity index (χ2n) is 4.97. The maximum atomic E-state index is 11.2. The van der Waals surface area contributed by atoms with Crippen molar-refractivity contribution in [1.82, 2.24) is 4.98 Å². The van der Waals surface area contributed by atoms with Crippen LogP contribution >= 0.6 is 11.8 Å². The number of rotatable bonds is 4. The van der Waals surface area contributed by atoms with E-state index in [1.165, 1.54) is 10.5 Å². The van der Waals surface area contributed by atoms with Crippen molar-refractivity contribution >= 4 is 17.7 Å². The monoisotopic (exact) mass is 301 g/mol. The number of carboxylic acids is 1. The van der Waals surface area contributed by atoms with E-state index in [0.29, 0.717) is 23.3 Å². The van der Waals surface area contributed by atoms with Gasteiger partial charge in [-0.25, -0.2) is 9.78 Å². The molecule has 0 aliphatic carbocycles. The predicted molar refractivity (Wildman–Crippen MR) is 81.2 cm³/mol. The normalized spacial score (nSPS) is 16.5. The lowest BCUT2D eigenvalue weighted by atomic mass is 10.1. The van der Waals surface area contributed by atoms with Crippen molar-refractivity contribution in [3.05, 3.63) is 53.3 Å². The lowest BCUT2D eigenvalue weighted by molar-refractivity contribution is 0.0685. The lowest BCUT2D eigenvalue weighted by Gasteiger charge is -2.12. The van der Waals surface area contributed by atoms with Gasteiger partial charge < -0.3 is 9.84 Å². The van der Waals surface area contributed by atoms with Crippen LogP contribution in [0.5, 0.6) is 5.75 Å². The summed E-state index contributed by atoms with van der Waals surface area (Å²) in [5.41, 5.74) is 1.98. The molecule has 21 heavy (non-hydrogen) atoms. The zero-order valence-corrected chi connectivity index (χ0v) is 12.4. The summed E-state index contributed by atoms with van der Waals surface area (Å²) in [7, 11) is 0. The number of ether oxygens (including phenoxy) is 1. The Morgan fingerprint density at radius 3 is 2.95 bits per heavy atom. The number of nitrogens with zero attached hydrogens (tertiary/aromatic N) is 1. The molecule has 0 spiro atoms. The highest BCUT2D eigenvalue weighted by Gasteiger charge is 2.23. The smallest absolute Gasteiger partial charge is 0.358 e. The van der Waals surface area contributed by atoms with Gasteiger partial charge in [-0.1, -0.05) is 18.2 Å². The standard InChI is InChI=1S/C16H15NO3S/c1-10-6-7-13(15(17-10)16(18)19)20-9-12-8-11-4-2-3-5-14(11)21-12/h2-7,12H,8-9H2,1H3,(H,18,19). The van der Waals surface area contributed by atoms with E-state index in [4.69, 9.17) is 4.74 Å². The summed E-state index contributed by atoms with van der Waals surface area (Å²) in [6.07, 6.45) is 0.947. The van der Waals surface area contributed by atoms with E-state index in [1.54, 1.807) is 30.8 Å². The van der Waals surface area contributed by atoms with Crippen molar-refractivity contribution in [2.45, 2.75) is 23.5 Å². The third kappa shape index (κ3) is 3.03. The fraction of sp³-hybridized carbons (Fsp3) is 0.250. The van der Waals surface area contributed by atoms with Crippen molar-refractivity contribution in [3.63, 3.8) is 0 Å². The molecule has 0 fully saturated rings. The molecule has 1 atom stereocenters. The Bertz CT molecular complexity index is 662. The van der Waals surface area contributed by atoms with Crippen molar-refractivity contribution in [2.24, 2.45) is 0 Å². The Morgan fingerprint density at radius 2 is 2.19 bits per heavy atom. The molecule has 1 aromatic heterocycles. The third-order valence-electron chi connectivity index (χ3n) is 3.34. The number of carbonyl (C=O) groups is 1. The number of aryl methyl sites for hydroxylation is 1. The van der Waals surface area contributed by atoms with Gasteiger partial charge in [-0.2, -0.15) is 0 Å². The maximum Gasteiger partial charge on any atom is 0.358 e. The molecule has 1 aliphatic rings. The first kappa shape index (κ1) is 13.9. The Labute approximate surface area is 127 Å². The molecular weight excluding hydrogens is 286 g/mol. The van der Waals surface area contributed by atoms with Gasteiger partial charge in [0.05, 0.1) is 0 Å². The number of pyridine rings is 1. The van der Waals surface area contributed by atoms with Crippen LogP contribution in [0.3, 0.4) is 0 Å². The molecular formula is C16H15NO3S. The van der Waals surface area contributed by atoms with Crippen LogP contribution in [0.4, 0.5) is 0 Å². The van der Waals surface area contributed by atoms with E-state index in [2.05, 4.69) is 17.1 Å². The molecule has 0 radical (unpaired) electrons. The number of hydrogen-bond donors (Lipinski definition) is 1. The van der Waals surface area contributed by atoms with E-state index in [9.17, 15) is 9.90 Å². The van der Waals surface area contributed by atoms with Gasteiger partial charge in [-0.05, 0) is 37.1 Å². The number of aromatic carboxylic acids is 1. The summed E-state index contributed by atoms with van der Waals surface area (Å²) in [5.74, 6) is -0.722. The van der Waals surface area contributed by atoms with E-state index >= 15 is 0 Å². The molecule has 3 rings (SSSR count). The highest BCUT2D eigenvalue weighted by atomic mass is 32.2. The number of carboxylic acid groups (broad SMARTS) is 1. The lowest BCUT2D eigenvalue weighted by Crippen LogP contribution is -2.15. The number of fused-ring (bicyclic) bond motifs is 1. The second kappa shape index (κ2) is 5.77. The average Bonchev–Trinajstić information content (AvgIpc) is 2.88. The molecule has 0 saturated heterocycles. The minimum Gasteiger partial charge on any atom is -0.490 e. The molecule has 2 aromatic rings.